The van der Waals surface area contributed by atoms with Gasteiger partial charge in [0.05, 0.1) is 13.2 Å². The van der Waals surface area contributed by atoms with Crippen LogP contribution >= 0.6 is 0 Å². The van der Waals surface area contributed by atoms with E-state index in [2.05, 4.69) is 6.92 Å². The molecule has 1 aliphatic heterocycles. The molecular weight excluding hydrogens is 316 g/mol. The van der Waals surface area contributed by atoms with E-state index in [1.54, 1.807) is 0 Å². The Balaban J connectivity index is 1.71. The summed E-state index contributed by atoms with van der Waals surface area (Å²) < 4.78 is 10.8. The van der Waals surface area contributed by atoms with Gasteiger partial charge in [-0.2, -0.15) is 0 Å². The summed E-state index contributed by atoms with van der Waals surface area (Å²) >= 11 is 0. The molecule has 0 unspecified atom stereocenters. The molecule has 25 heavy (non-hydrogen) atoms. The number of rotatable bonds is 17. The zero-order valence-electron chi connectivity index (χ0n) is 16.5. The minimum absolute atomic E-state index is 0.216. The van der Waals surface area contributed by atoms with Gasteiger partial charge in [-0.3, -0.25) is 0 Å². The zero-order valence-corrected chi connectivity index (χ0v) is 16.5. The molecule has 1 rings (SSSR count). The SMILES string of the molecule is CCCCCCCCCCCCCCCCOC[C@H]1OC[C@@H](O)[C@@H]1O. The molecule has 0 aromatic heterocycles. The van der Waals surface area contributed by atoms with Gasteiger partial charge in [-0.1, -0.05) is 90.4 Å². The molecule has 2 N–H and O–H groups in total. The fourth-order valence-corrected chi connectivity index (χ4v) is 3.41. The van der Waals surface area contributed by atoms with Crippen molar-refractivity contribution in [3.63, 3.8) is 0 Å². The monoisotopic (exact) mass is 358 g/mol. The number of aliphatic hydroxyl groups excluding tert-OH is 2. The normalized spacial score (nSPS) is 23.4. The quantitative estimate of drug-likeness (QED) is 0.373. The average Bonchev–Trinajstić information content (AvgIpc) is 2.93. The Hall–Kier alpha value is -0.160. The van der Waals surface area contributed by atoms with E-state index in [1.807, 2.05) is 0 Å². The van der Waals surface area contributed by atoms with Crippen LogP contribution in [-0.2, 0) is 9.47 Å². The van der Waals surface area contributed by atoms with Crippen LogP contribution in [0.3, 0.4) is 0 Å². The summed E-state index contributed by atoms with van der Waals surface area (Å²) in [6.07, 6.45) is 17.1. The van der Waals surface area contributed by atoms with E-state index in [0.717, 1.165) is 13.0 Å². The minimum atomic E-state index is -0.795. The summed E-state index contributed by atoms with van der Waals surface area (Å²) in [5.74, 6) is 0. The summed E-state index contributed by atoms with van der Waals surface area (Å²) in [7, 11) is 0. The second-order valence-corrected chi connectivity index (χ2v) is 7.60. The van der Waals surface area contributed by atoms with Gasteiger partial charge in [-0.25, -0.2) is 0 Å². The van der Waals surface area contributed by atoms with Crippen molar-refractivity contribution >= 4 is 0 Å². The Labute approximate surface area is 155 Å². The van der Waals surface area contributed by atoms with Crippen LogP contribution in [0.5, 0.6) is 0 Å². The molecule has 4 nitrogen and oxygen atoms in total. The maximum absolute atomic E-state index is 9.63. The third kappa shape index (κ3) is 12.0. The smallest absolute Gasteiger partial charge is 0.110 e. The van der Waals surface area contributed by atoms with Crippen LogP contribution in [0.2, 0.25) is 0 Å². The summed E-state index contributed by atoms with van der Waals surface area (Å²) in [6, 6.07) is 0. The lowest BCUT2D eigenvalue weighted by Gasteiger charge is -2.14. The van der Waals surface area contributed by atoms with Crippen LogP contribution in [0.4, 0.5) is 0 Å². The molecule has 0 aromatic rings. The topological polar surface area (TPSA) is 58.9 Å². The van der Waals surface area contributed by atoms with Gasteiger partial charge in [-0.05, 0) is 6.42 Å². The van der Waals surface area contributed by atoms with E-state index in [1.165, 1.54) is 83.5 Å². The highest BCUT2D eigenvalue weighted by Crippen LogP contribution is 2.15. The first-order chi connectivity index (χ1) is 12.3. The lowest BCUT2D eigenvalue weighted by Crippen LogP contribution is -2.33. The molecule has 0 radical (unpaired) electrons. The van der Waals surface area contributed by atoms with Gasteiger partial charge in [0, 0.05) is 6.61 Å². The van der Waals surface area contributed by atoms with E-state index in [4.69, 9.17) is 9.47 Å². The van der Waals surface area contributed by atoms with Crippen molar-refractivity contribution in [2.75, 3.05) is 19.8 Å². The molecule has 0 amide bonds. The van der Waals surface area contributed by atoms with Gasteiger partial charge in [0.25, 0.3) is 0 Å². The molecule has 0 saturated carbocycles. The molecule has 0 aromatic carbocycles. The number of ether oxygens (including phenoxy) is 2. The van der Waals surface area contributed by atoms with Gasteiger partial charge >= 0.3 is 0 Å². The standard InChI is InChI=1S/C21H42O4/c1-2-3-4-5-6-7-8-9-10-11-12-13-14-15-16-24-18-20-21(23)19(22)17-25-20/h19-23H,2-18H2,1H3/t19-,20-,21+/m1/s1. The molecule has 0 spiro atoms. The first kappa shape index (κ1) is 22.9. The van der Waals surface area contributed by atoms with Crippen molar-refractivity contribution in [1.82, 2.24) is 0 Å². The van der Waals surface area contributed by atoms with Crippen molar-refractivity contribution in [2.45, 2.75) is 115 Å². The fourth-order valence-electron chi connectivity index (χ4n) is 3.41. The Kier molecular flexibility index (Phi) is 14.7. The Morgan fingerprint density at radius 3 is 1.68 bits per heavy atom. The molecule has 1 saturated heterocycles. The third-order valence-electron chi connectivity index (χ3n) is 5.18. The Morgan fingerprint density at radius 1 is 0.760 bits per heavy atom. The summed E-state index contributed by atoms with van der Waals surface area (Å²) in [5.41, 5.74) is 0. The molecule has 1 heterocycles. The van der Waals surface area contributed by atoms with Gasteiger partial charge in [0.15, 0.2) is 0 Å². The van der Waals surface area contributed by atoms with Crippen molar-refractivity contribution in [1.29, 1.82) is 0 Å². The first-order valence-electron chi connectivity index (χ1n) is 10.8. The molecule has 0 bridgehead atoms. The molecule has 4 heteroatoms. The van der Waals surface area contributed by atoms with E-state index in [9.17, 15) is 10.2 Å². The maximum atomic E-state index is 9.63. The first-order valence-corrected chi connectivity index (χ1v) is 10.8. The van der Waals surface area contributed by atoms with Crippen molar-refractivity contribution < 1.29 is 19.7 Å². The minimum Gasteiger partial charge on any atom is -0.388 e. The highest BCUT2D eigenvalue weighted by molar-refractivity contribution is 4.82. The summed E-state index contributed by atoms with van der Waals surface area (Å²) in [6.45, 7) is 3.60. The van der Waals surface area contributed by atoms with E-state index < -0.39 is 12.2 Å². The van der Waals surface area contributed by atoms with E-state index in [0.29, 0.717) is 6.61 Å². The Bertz CT molecular complexity index is 285. The second kappa shape index (κ2) is 16.0. The molecule has 1 aliphatic rings. The van der Waals surface area contributed by atoms with Gasteiger partial charge < -0.3 is 19.7 Å². The van der Waals surface area contributed by atoms with Crippen molar-refractivity contribution in [3.8, 4) is 0 Å². The van der Waals surface area contributed by atoms with E-state index in [-0.39, 0.29) is 12.7 Å². The number of hydrogen-bond acceptors (Lipinski definition) is 4. The number of hydrogen-bond donors (Lipinski definition) is 2. The molecule has 0 aliphatic carbocycles. The van der Waals surface area contributed by atoms with Gasteiger partial charge in [-0.15, -0.1) is 0 Å². The largest absolute Gasteiger partial charge is 0.388 e. The molecule has 150 valence electrons. The van der Waals surface area contributed by atoms with Crippen LogP contribution in [0.1, 0.15) is 96.8 Å². The molecule has 3 atom stereocenters. The highest BCUT2D eigenvalue weighted by Gasteiger charge is 2.34. The third-order valence-corrected chi connectivity index (χ3v) is 5.18. The highest BCUT2D eigenvalue weighted by atomic mass is 16.6. The predicted octanol–water partition coefficient (Wildman–Crippen LogP) is 4.60. The molecule has 1 fully saturated rings. The van der Waals surface area contributed by atoms with Crippen molar-refractivity contribution in [2.24, 2.45) is 0 Å². The van der Waals surface area contributed by atoms with Gasteiger partial charge in [0.1, 0.15) is 18.3 Å². The lowest BCUT2D eigenvalue weighted by atomic mass is 10.0. The van der Waals surface area contributed by atoms with Crippen LogP contribution in [-0.4, -0.2) is 48.3 Å². The van der Waals surface area contributed by atoms with Gasteiger partial charge in [0.2, 0.25) is 0 Å². The van der Waals surface area contributed by atoms with Crippen LogP contribution in [0, 0.1) is 0 Å². The van der Waals surface area contributed by atoms with Crippen LogP contribution in [0.25, 0.3) is 0 Å². The number of aliphatic hydroxyl groups is 2. The van der Waals surface area contributed by atoms with E-state index >= 15 is 0 Å². The zero-order chi connectivity index (χ0) is 18.2. The second-order valence-electron chi connectivity index (χ2n) is 7.60. The molecular formula is C21H42O4. The van der Waals surface area contributed by atoms with Crippen LogP contribution < -0.4 is 0 Å². The summed E-state index contributed by atoms with van der Waals surface area (Å²) in [5, 5.41) is 19.0. The summed E-state index contributed by atoms with van der Waals surface area (Å²) in [4.78, 5) is 0. The predicted molar refractivity (Wildman–Crippen MR) is 103 cm³/mol. The Morgan fingerprint density at radius 2 is 1.24 bits per heavy atom. The van der Waals surface area contributed by atoms with Crippen molar-refractivity contribution in [3.05, 3.63) is 0 Å². The maximum Gasteiger partial charge on any atom is 0.110 e. The lowest BCUT2D eigenvalue weighted by molar-refractivity contribution is -0.0306. The average molecular weight is 359 g/mol. The van der Waals surface area contributed by atoms with Crippen LogP contribution in [0.15, 0.2) is 0 Å². The number of unbranched alkanes of at least 4 members (excludes halogenated alkanes) is 13. The fraction of sp³-hybridized carbons (Fsp3) is 1.00.